The van der Waals surface area contributed by atoms with Crippen LogP contribution in [0, 0.1) is 6.92 Å². The Hall–Kier alpha value is -1.44. The first-order chi connectivity index (χ1) is 9.94. The molecule has 21 heavy (non-hydrogen) atoms. The molecule has 0 unspecified atom stereocenters. The summed E-state index contributed by atoms with van der Waals surface area (Å²) in [4.78, 5) is 4.50. The highest BCUT2D eigenvalue weighted by molar-refractivity contribution is 9.10. The summed E-state index contributed by atoms with van der Waals surface area (Å²) >= 11 is 4.59. The highest BCUT2D eigenvalue weighted by atomic mass is 79.9. The number of nitrogens with zero attached hydrogens (tertiary/aromatic N) is 1. The van der Waals surface area contributed by atoms with Gasteiger partial charge < -0.3 is 0 Å². The van der Waals surface area contributed by atoms with Crippen LogP contribution in [-0.2, 0) is 10.0 Å². The third-order valence-electron chi connectivity index (χ3n) is 2.87. The van der Waals surface area contributed by atoms with Gasteiger partial charge in [-0.25, -0.2) is 13.4 Å². The van der Waals surface area contributed by atoms with E-state index in [1.807, 2.05) is 25.1 Å². The van der Waals surface area contributed by atoms with Gasteiger partial charge in [-0.05, 0) is 42.8 Å². The topological polar surface area (TPSA) is 59.1 Å². The van der Waals surface area contributed by atoms with Crippen LogP contribution in [-0.4, -0.2) is 13.4 Å². The lowest BCUT2D eigenvalue weighted by Gasteiger charge is -2.04. The number of anilines is 1. The van der Waals surface area contributed by atoms with E-state index in [0.717, 1.165) is 15.8 Å². The Bertz CT molecular complexity index is 920. The van der Waals surface area contributed by atoms with Crippen LogP contribution in [0.25, 0.3) is 10.2 Å². The highest BCUT2D eigenvalue weighted by Crippen LogP contribution is 2.28. The van der Waals surface area contributed by atoms with E-state index in [-0.39, 0.29) is 4.90 Å². The minimum absolute atomic E-state index is 0.201. The molecule has 2 aromatic carbocycles. The molecule has 1 aromatic heterocycles. The summed E-state index contributed by atoms with van der Waals surface area (Å²) in [5, 5.41) is 0.371. The molecule has 7 heteroatoms. The van der Waals surface area contributed by atoms with Crippen LogP contribution in [0.2, 0.25) is 0 Å². The Morgan fingerprint density at radius 3 is 2.76 bits per heavy atom. The van der Waals surface area contributed by atoms with E-state index in [2.05, 4.69) is 25.6 Å². The molecule has 0 spiro atoms. The predicted octanol–water partition coefficient (Wildman–Crippen LogP) is 4.17. The summed E-state index contributed by atoms with van der Waals surface area (Å²) in [6.45, 7) is 1.99. The van der Waals surface area contributed by atoms with Crippen molar-refractivity contribution < 1.29 is 8.42 Å². The number of thiazole rings is 1. The second-order valence-electron chi connectivity index (χ2n) is 4.55. The summed E-state index contributed by atoms with van der Waals surface area (Å²) in [5.74, 6) is 0. The van der Waals surface area contributed by atoms with Gasteiger partial charge in [0.15, 0.2) is 5.13 Å². The zero-order valence-electron chi connectivity index (χ0n) is 11.0. The van der Waals surface area contributed by atoms with E-state index in [0.29, 0.717) is 9.60 Å². The van der Waals surface area contributed by atoms with E-state index >= 15 is 0 Å². The van der Waals surface area contributed by atoms with Crippen LogP contribution in [0.15, 0.2) is 51.8 Å². The van der Waals surface area contributed by atoms with E-state index < -0.39 is 10.0 Å². The standard InChI is InChI=1S/C14H11BrN2O2S2/c1-9-5-6-12-13(7-9)20-14(16-12)17-21(18,19)11-4-2-3-10(15)8-11/h2-8H,1H3,(H,16,17). The van der Waals surface area contributed by atoms with Crippen molar-refractivity contribution in [1.29, 1.82) is 0 Å². The van der Waals surface area contributed by atoms with Crippen LogP contribution < -0.4 is 4.72 Å². The van der Waals surface area contributed by atoms with Crippen molar-refractivity contribution in [2.24, 2.45) is 0 Å². The Balaban J connectivity index is 1.97. The second-order valence-corrected chi connectivity index (χ2v) is 8.18. The van der Waals surface area contributed by atoms with Gasteiger partial charge in [-0.3, -0.25) is 4.72 Å². The average molecular weight is 383 g/mol. The fourth-order valence-corrected chi connectivity index (χ4v) is 4.68. The van der Waals surface area contributed by atoms with Gasteiger partial charge in [0.05, 0.1) is 15.1 Å². The summed E-state index contributed by atoms with van der Waals surface area (Å²) < 4.78 is 28.9. The first-order valence-electron chi connectivity index (χ1n) is 6.10. The first-order valence-corrected chi connectivity index (χ1v) is 9.19. The van der Waals surface area contributed by atoms with Gasteiger partial charge >= 0.3 is 0 Å². The van der Waals surface area contributed by atoms with Gasteiger partial charge in [-0.1, -0.05) is 39.4 Å². The molecular formula is C14H11BrN2O2S2. The van der Waals surface area contributed by atoms with Gasteiger partial charge in [0.25, 0.3) is 10.0 Å². The minimum atomic E-state index is -3.63. The van der Waals surface area contributed by atoms with Crippen molar-refractivity contribution >= 4 is 52.6 Å². The smallest absolute Gasteiger partial charge is 0.255 e. The molecule has 0 aliphatic rings. The third kappa shape index (κ3) is 3.09. The average Bonchev–Trinajstić information content (AvgIpc) is 2.79. The summed E-state index contributed by atoms with van der Waals surface area (Å²) in [5.41, 5.74) is 1.91. The van der Waals surface area contributed by atoms with Crippen LogP contribution in [0.1, 0.15) is 5.56 Å². The normalized spacial score (nSPS) is 11.7. The predicted molar refractivity (Wildman–Crippen MR) is 89.3 cm³/mol. The Morgan fingerprint density at radius 1 is 1.19 bits per heavy atom. The quantitative estimate of drug-likeness (QED) is 0.739. The number of fused-ring (bicyclic) bond motifs is 1. The van der Waals surface area contributed by atoms with Crippen molar-refractivity contribution in [2.75, 3.05) is 4.72 Å². The van der Waals surface area contributed by atoms with Crippen LogP contribution in [0.4, 0.5) is 5.13 Å². The molecule has 0 atom stereocenters. The Labute approximate surface area is 135 Å². The third-order valence-corrected chi connectivity index (χ3v) is 5.76. The number of sulfonamides is 1. The highest BCUT2D eigenvalue weighted by Gasteiger charge is 2.16. The fraction of sp³-hybridized carbons (Fsp3) is 0.0714. The number of rotatable bonds is 3. The van der Waals surface area contributed by atoms with Gasteiger partial charge in [0, 0.05) is 4.47 Å². The lowest BCUT2D eigenvalue weighted by Crippen LogP contribution is -2.12. The van der Waals surface area contributed by atoms with Crippen molar-refractivity contribution in [3.05, 3.63) is 52.5 Å². The molecule has 0 saturated carbocycles. The molecule has 1 heterocycles. The zero-order chi connectivity index (χ0) is 15.0. The van der Waals surface area contributed by atoms with E-state index in [4.69, 9.17) is 0 Å². The van der Waals surface area contributed by atoms with Gasteiger partial charge in [0.2, 0.25) is 0 Å². The molecule has 4 nitrogen and oxygen atoms in total. The second kappa shape index (κ2) is 5.40. The molecular weight excluding hydrogens is 372 g/mol. The summed E-state index contributed by atoms with van der Waals surface area (Å²) in [7, 11) is -3.63. The maximum atomic E-state index is 12.3. The Kier molecular flexibility index (Phi) is 3.73. The summed E-state index contributed by atoms with van der Waals surface area (Å²) in [6, 6.07) is 12.4. The molecule has 0 radical (unpaired) electrons. The van der Waals surface area contributed by atoms with Crippen LogP contribution >= 0.6 is 27.3 Å². The molecule has 3 rings (SSSR count). The van der Waals surface area contributed by atoms with Gasteiger partial charge in [0.1, 0.15) is 0 Å². The maximum Gasteiger partial charge on any atom is 0.263 e. The fourth-order valence-electron chi connectivity index (χ4n) is 1.88. The monoisotopic (exact) mass is 382 g/mol. The lowest BCUT2D eigenvalue weighted by atomic mass is 10.2. The van der Waals surface area contributed by atoms with Crippen LogP contribution in [0.5, 0.6) is 0 Å². The van der Waals surface area contributed by atoms with Gasteiger partial charge in [-0.15, -0.1) is 0 Å². The van der Waals surface area contributed by atoms with E-state index in [9.17, 15) is 8.42 Å². The molecule has 3 aromatic rings. The number of halogens is 1. The lowest BCUT2D eigenvalue weighted by molar-refractivity contribution is 0.601. The molecule has 0 saturated heterocycles. The zero-order valence-corrected chi connectivity index (χ0v) is 14.2. The number of nitrogens with one attached hydrogen (secondary N) is 1. The van der Waals surface area contributed by atoms with Crippen LogP contribution in [0.3, 0.4) is 0 Å². The molecule has 108 valence electrons. The molecule has 0 aliphatic heterocycles. The largest absolute Gasteiger partial charge is 0.263 e. The summed E-state index contributed by atoms with van der Waals surface area (Å²) in [6.07, 6.45) is 0. The van der Waals surface area contributed by atoms with Crippen molar-refractivity contribution in [1.82, 2.24) is 4.98 Å². The van der Waals surface area contributed by atoms with E-state index in [1.54, 1.807) is 24.3 Å². The number of benzene rings is 2. The number of aromatic nitrogens is 1. The number of hydrogen-bond acceptors (Lipinski definition) is 4. The van der Waals surface area contributed by atoms with Gasteiger partial charge in [-0.2, -0.15) is 0 Å². The molecule has 0 bridgehead atoms. The molecule has 0 aliphatic carbocycles. The molecule has 0 amide bonds. The van der Waals surface area contributed by atoms with Crippen molar-refractivity contribution in [3.63, 3.8) is 0 Å². The SMILES string of the molecule is Cc1ccc2nc(NS(=O)(=O)c3cccc(Br)c3)sc2c1. The van der Waals surface area contributed by atoms with Crippen molar-refractivity contribution in [2.45, 2.75) is 11.8 Å². The van der Waals surface area contributed by atoms with Crippen molar-refractivity contribution in [3.8, 4) is 0 Å². The Morgan fingerprint density at radius 2 is 2.00 bits per heavy atom. The molecule has 1 N–H and O–H groups in total. The maximum absolute atomic E-state index is 12.3. The molecule has 0 fully saturated rings. The first kappa shape index (κ1) is 14.5. The minimum Gasteiger partial charge on any atom is -0.255 e. The van der Waals surface area contributed by atoms with E-state index in [1.165, 1.54) is 11.3 Å². The number of aryl methyl sites for hydroxylation is 1. The number of hydrogen-bond donors (Lipinski definition) is 1.